The van der Waals surface area contributed by atoms with Gasteiger partial charge in [-0.15, -0.1) is 0 Å². The van der Waals surface area contributed by atoms with Gasteiger partial charge in [0.15, 0.2) is 0 Å². The Labute approximate surface area is 125 Å². The number of halogens is 1. The molecular formula is C13H20ClN3O2S. The van der Waals surface area contributed by atoms with Gasteiger partial charge in [-0.05, 0) is 44.1 Å². The summed E-state index contributed by atoms with van der Waals surface area (Å²) in [5.41, 5.74) is 6.31. The van der Waals surface area contributed by atoms with Crippen LogP contribution in [-0.2, 0) is 16.6 Å². The Balaban J connectivity index is 2.10. The number of hydrogen-bond donors (Lipinski definition) is 2. The Hall–Kier alpha value is -0.660. The number of rotatable bonds is 5. The maximum Gasteiger partial charge on any atom is 0.242 e. The summed E-state index contributed by atoms with van der Waals surface area (Å²) in [6.45, 7) is 1.76. The standard InChI is InChI=1S/C13H20ClN3O2S/c1-17-6-2-3-11(17)9-16-20(18,19)13-5-4-10(8-15)7-12(13)14/h4-5,7,11,16H,2-3,6,8-9,15H2,1H3. The van der Waals surface area contributed by atoms with E-state index in [1.165, 1.54) is 6.07 Å². The lowest BCUT2D eigenvalue weighted by Gasteiger charge is -2.20. The predicted octanol–water partition coefficient (Wildman–Crippen LogP) is 1.17. The molecule has 1 saturated heterocycles. The van der Waals surface area contributed by atoms with Crippen molar-refractivity contribution in [1.82, 2.24) is 9.62 Å². The molecule has 3 N–H and O–H groups in total. The molecule has 2 rings (SSSR count). The van der Waals surface area contributed by atoms with Crippen LogP contribution < -0.4 is 10.5 Å². The van der Waals surface area contributed by atoms with Crippen molar-refractivity contribution in [3.63, 3.8) is 0 Å². The molecule has 0 aromatic heterocycles. The number of nitrogens with two attached hydrogens (primary N) is 1. The van der Waals surface area contributed by atoms with Gasteiger partial charge in [0.25, 0.3) is 0 Å². The highest BCUT2D eigenvalue weighted by Gasteiger charge is 2.24. The van der Waals surface area contributed by atoms with Gasteiger partial charge in [-0.25, -0.2) is 13.1 Å². The van der Waals surface area contributed by atoms with E-state index in [-0.39, 0.29) is 16.0 Å². The van der Waals surface area contributed by atoms with Crippen molar-refractivity contribution in [2.75, 3.05) is 20.1 Å². The molecule has 1 unspecified atom stereocenters. The van der Waals surface area contributed by atoms with E-state index in [1.807, 2.05) is 7.05 Å². The maximum absolute atomic E-state index is 12.3. The van der Waals surface area contributed by atoms with E-state index in [4.69, 9.17) is 17.3 Å². The number of likely N-dealkylation sites (tertiary alicyclic amines) is 1. The van der Waals surface area contributed by atoms with Crippen molar-refractivity contribution in [2.45, 2.75) is 30.3 Å². The van der Waals surface area contributed by atoms with Crippen LogP contribution in [0.3, 0.4) is 0 Å². The second kappa shape index (κ2) is 6.41. The lowest BCUT2D eigenvalue weighted by atomic mass is 10.2. The molecule has 1 atom stereocenters. The first-order chi connectivity index (χ1) is 9.44. The zero-order valence-electron chi connectivity index (χ0n) is 11.5. The normalized spacial score (nSPS) is 20.4. The van der Waals surface area contributed by atoms with E-state index in [0.717, 1.165) is 24.9 Å². The van der Waals surface area contributed by atoms with E-state index >= 15 is 0 Å². The van der Waals surface area contributed by atoms with Crippen LogP contribution in [0.4, 0.5) is 0 Å². The zero-order chi connectivity index (χ0) is 14.8. The molecule has 7 heteroatoms. The minimum Gasteiger partial charge on any atom is -0.326 e. The number of nitrogens with one attached hydrogen (secondary N) is 1. The molecular weight excluding hydrogens is 298 g/mol. The summed E-state index contributed by atoms with van der Waals surface area (Å²) in [7, 11) is -1.57. The molecule has 1 heterocycles. The minimum absolute atomic E-state index is 0.108. The largest absolute Gasteiger partial charge is 0.326 e. The summed E-state index contributed by atoms with van der Waals surface area (Å²) in [5.74, 6) is 0. The second-order valence-corrected chi connectivity index (χ2v) is 7.24. The third-order valence-electron chi connectivity index (χ3n) is 3.70. The summed E-state index contributed by atoms with van der Waals surface area (Å²) < 4.78 is 27.2. The van der Waals surface area contributed by atoms with Crippen LogP contribution >= 0.6 is 11.6 Å². The quantitative estimate of drug-likeness (QED) is 0.855. The Bertz CT molecular complexity index is 577. The molecule has 0 amide bonds. The van der Waals surface area contributed by atoms with Gasteiger partial charge in [0.2, 0.25) is 10.0 Å². The average molecular weight is 318 g/mol. The summed E-state index contributed by atoms with van der Waals surface area (Å²) in [6, 6.07) is 5.04. The molecule has 112 valence electrons. The van der Waals surface area contributed by atoms with Crippen molar-refractivity contribution in [3.05, 3.63) is 28.8 Å². The summed E-state index contributed by atoms with van der Waals surface area (Å²) in [6.07, 6.45) is 2.12. The van der Waals surface area contributed by atoms with Gasteiger partial charge >= 0.3 is 0 Å². The number of sulfonamides is 1. The fourth-order valence-corrected chi connectivity index (χ4v) is 4.05. The molecule has 1 fully saturated rings. The molecule has 0 bridgehead atoms. The van der Waals surface area contributed by atoms with Gasteiger partial charge in [-0.3, -0.25) is 0 Å². The van der Waals surface area contributed by atoms with Gasteiger partial charge < -0.3 is 10.6 Å². The van der Waals surface area contributed by atoms with Crippen LogP contribution in [0.15, 0.2) is 23.1 Å². The van der Waals surface area contributed by atoms with Gasteiger partial charge in [0, 0.05) is 19.1 Å². The van der Waals surface area contributed by atoms with Crippen LogP contribution in [0.1, 0.15) is 18.4 Å². The zero-order valence-corrected chi connectivity index (χ0v) is 13.0. The topological polar surface area (TPSA) is 75.4 Å². The van der Waals surface area contributed by atoms with Crippen LogP contribution in [0.2, 0.25) is 5.02 Å². The Morgan fingerprint density at radius 2 is 2.25 bits per heavy atom. The molecule has 1 aliphatic heterocycles. The van der Waals surface area contributed by atoms with Crippen molar-refractivity contribution in [3.8, 4) is 0 Å². The monoisotopic (exact) mass is 317 g/mol. The molecule has 1 aromatic carbocycles. The molecule has 0 saturated carbocycles. The van der Waals surface area contributed by atoms with Gasteiger partial charge in [-0.1, -0.05) is 17.7 Å². The second-order valence-electron chi connectivity index (χ2n) is 5.10. The predicted molar refractivity (Wildman–Crippen MR) is 80.2 cm³/mol. The van der Waals surface area contributed by atoms with E-state index in [1.54, 1.807) is 12.1 Å². The summed E-state index contributed by atoms with van der Waals surface area (Å²) in [5, 5.41) is 0.209. The first-order valence-electron chi connectivity index (χ1n) is 6.62. The third kappa shape index (κ3) is 3.51. The molecule has 0 radical (unpaired) electrons. The number of hydrogen-bond acceptors (Lipinski definition) is 4. The highest BCUT2D eigenvalue weighted by molar-refractivity contribution is 7.89. The van der Waals surface area contributed by atoms with Gasteiger partial charge in [0.05, 0.1) is 5.02 Å². The van der Waals surface area contributed by atoms with Gasteiger partial charge in [-0.2, -0.15) is 0 Å². The molecule has 1 aliphatic rings. The molecule has 5 nitrogen and oxygen atoms in total. The molecule has 1 aromatic rings. The highest BCUT2D eigenvalue weighted by Crippen LogP contribution is 2.23. The Morgan fingerprint density at radius 3 is 2.80 bits per heavy atom. The highest BCUT2D eigenvalue weighted by atomic mass is 35.5. The average Bonchev–Trinajstić information content (AvgIpc) is 2.81. The van der Waals surface area contributed by atoms with Crippen molar-refractivity contribution in [1.29, 1.82) is 0 Å². The lowest BCUT2D eigenvalue weighted by Crippen LogP contribution is -2.38. The van der Waals surface area contributed by atoms with Crippen LogP contribution in [0, 0.1) is 0 Å². The van der Waals surface area contributed by atoms with Crippen molar-refractivity contribution in [2.24, 2.45) is 5.73 Å². The van der Waals surface area contributed by atoms with Crippen LogP contribution in [-0.4, -0.2) is 39.5 Å². The maximum atomic E-state index is 12.3. The SMILES string of the molecule is CN1CCCC1CNS(=O)(=O)c1ccc(CN)cc1Cl. The number of likely N-dealkylation sites (N-methyl/N-ethyl adjacent to an activating group) is 1. The van der Waals surface area contributed by atoms with Gasteiger partial charge in [0.1, 0.15) is 4.90 Å². The minimum atomic E-state index is -3.58. The smallest absolute Gasteiger partial charge is 0.242 e. The van der Waals surface area contributed by atoms with E-state index in [0.29, 0.717) is 13.1 Å². The fourth-order valence-electron chi connectivity index (χ4n) is 2.41. The molecule has 20 heavy (non-hydrogen) atoms. The first-order valence-corrected chi connectivity index (χ1v) is 8.48. The number of nitrogens with zero attached hydrogens (tertiary/aromatic N) is 1. The Morgan fingerprint density at radius 1 is 1.50 bits per heavy atom. The summed E-state index contributed by atoms with van der Waals surface area (Å²) >= 11 is 6.03. The lowest BCUT2D eigenvalue weighted by molar-refractivity contribution is 0.311. The third-order valence-corrected chi connectivity index (χ3v) is 5.61. The van der Waals surface area contributed by atoms with E-state index in [2.05, 4.69) is 9.62 Å². The fraction of sp³-hybridized carbons (Fsp3) is 0.538. The molecule has 0 spiro atoms. The first kappa shape index (κ1) is 15.7. The molecule has 0 aliphatic carbocycles. The van der Waals surface area contributed by atoms with E-state index < -0.39 is 10.0 Å². The van der Waals surface area contributed by atoms with Crippen LogP contribution in [0.25, 0.3) is 0 Å². The van der Waals surface area contributed by atoms with Crippen LogP contribution in [0.5, 0.6) is 0 Å². The van der Waals surface area contributed by atoms with Crippen molar-refractivity contribution >= 4 is 21.6 Å². The van der Waals surface area contributed by atoms with E-state index in [9.17, 15) is 8.42 Å². The number of benzene rings is 1. The Kier molecular flexibility index (Phi) is 5.04. The summed E-state index contributed by atoms with van der Waals surface area (Å²) in [4.78, 5) is 2.28. The van der Waals surface area contributed by atoms with Crippen molar-refractivity contribution < 1.29 is 8.42 Å².